The van der Waals surface area contributed by atoms with E-state index in [1.165, 1.54) is 36.4 Å². The summed E-state index contributed by atoms with van der Waals surface area (Å²) in [5.74, 6) is -0.900. The molecule has 0 saturated carbocycles. The number of carbonyl (C=O) groups is 1. The van der Waals surface area contributed by atoms with Crippen molar-refractivity contribution in [2.24, 2.45) is 0 Å². The molecule has 110 valence electrons. The van der Waals surface area contributed by atoms with E-state index < -0.39 is 6.61 Å². The van der Waals surface area contributed by atoms with Crippen LogP contribution >= 0.6 is 0 Å². The molecule has 0 atom stereocenters. The monoisotopic (exact) mass is 294 g/mol. The zero-order valence-corrected chi connectivity index (χ0v) is 11.3. The van der Waals surface area contributed by atoms with E-state index in [0.29, 0.717) is 11.1 Å². The van der Waals surface area contributed by atoms with Crippen LogP contribution in [0.4, 0.5) is 13.2 Å². The number of benzene rings is 2. The molecule has 0 amide bonds. The quantitative estimate of drug-likeness (QED) is 0.774. The summed E-state index contributed by atoms with van der Waals surface area (Å²) >= 11 is 0. The molecule has 5 heteroatoms. The van der Waals surface area contributed by atoms with Crippen molar-refractivity contribution in [1.29, 1.82) is 0 Å². The van der Waals surface area contributed by atoms with Crippen LogP contribution in [0.25, 0.3) is 0 Å². The van der Waals surface area contributed by atoms with Crippen molar-refractivity contribution in [3.8, 4) is 5.75 Å². The number of alkyl halides is 2. The van der Waals surface area contributed by atoms with Crippen molar-refractivity contribution < 1.29 is 22.7 Å². The maximum absolute atomic E-state index is 13.0. The molecule has 0 spiro atoms. The van der Waals surface area contributed by atoms with E-state index in [0.717, 1.165) is 0 Å². The van der Waals surface area contributed by atoms with Gasteiger partial charge >= 0.3 is 6.61 Å². The van der Waals surface area contributed by atoms with Crippen molar-refractivity contribution in [3.05, 3.63) is 65.0 Å². The molecule has 0 fully saturated rings. The zero-order chi connectivity index (χ0) is 15.4. The van der Waals surface area contributed by atoms with Gasteiger partial charge in [0, 0.05) is 6.42 Å². The molecule has 0 saturated heterocycles. The van der Waals surface area contributed by atoms with Crippen LogP contribution in [0.15, 0.2) is 42.5 Å². The molecule has 2 rings (SSSR count). The van der Waals surface area contributed by atoms with Crippen molar-refractivity contribution in [1.82, 2.24) is 0 Å². The highest BCUT2D eigenvalue weighted by atomic mass is 19.3. The summed E-state index contributed by atoms with van der Waals surface area (Å²) in [5, 5.41) is 0. The Labute approximate surface area is 120 Å². The highest BCUT2D eigenvalue weighted by Gasteiger charge is 2.16. The minimum absolute atomic E-state index is 0.00424. The maximum Gasteiger partial charge on any atom is 0.387 e. The normalized spacial score (nSPS) is 10.7. The number of hydrogen-bond acceptors (Lipinski definition) is 2. The van der Waals surface area contributed by atoms with E-state index >= 15 is 0 Å². The van der Waals surface area contributed by atoms with E-state index in [1.54, 1.807) is 13.0 Å². The van der Waals surface area contributed by atoms with Crippen LogP contribution < -0.4 is 4.74 Å². The van der Waals surface area contributed by atoms with Gasteiger partial charge in [0.25, 0.3) is 0 Å². The topological polar surface area (TPSA) is 26.3 Å². The predicted molar refractivity (Wildman–Crippen MR) is 72.2 cm³/mol. The van der Waals surface area contributed by atoms with Gasteiger partial charge in [-0.15, -0.1) is 0 Å². The van der Waals surface area contributed by atoms with Crippen molar-refractivity contribution in [2.45, 2.75) is 20.0 Å². The summed E-state index contributed by atoms with van der Waals surface area (Å²) < 4.78 is 42.0. The van der Waals surface area contributed by atoms with E-state index in [4.69, 9.17) is 0 Å². The second kappa shape index (κ2) is 6.43. The van der Waals surface area contributed by atoms with Gasteiger partial charge in [-0.1, -0.05) is 18.2 Å². The molecule has 2 aromatic carbocycles. The molecule has 2 aromatic rings. The molecule has 0 aliphatic heterocycles. The van der Waals surface area contributed by atoms with Crippen LogP contribution in [0, 0.1) is 12.7 Å². The molecule has 0 heterocycles. The Bertz CT molecular complexity index is 654. The van der Waals surface area contributed by atoms with Crippen LogP contribution in [0.1, 0.15) is 21.5 Å². The van der Waals surface area contributed by atoms with Crippen LogP contribution in [-0.2, 0) is 6.42 Å². The van der Waals surface area contributed by atoms with E-state index in [9.17, 15) is 18.0 Å². The molecule has 0 unspecified atom stereocenters. The standard InChI is InChI=1S/C16H13F3O2/c1-10-8-12(17)7-6-11(10)9-14(20)13-4-2-3-5-15(13)21-16(18)19/h2-8,16H,9H2,1H3. The number of rotatable bonds is 5. The van der Waals surface area contributed by atoms with Gasteiger partial charge in [-0.05, 0) is 42.3 Å². The third kappa shape index (κ3) is 3.84. The number of hydrogen-bond donors (Lipinski definition) is 0. The van der Waals surface area contributed by atoms with Crippen molar-refractivity contribution in [3.63, 3.8) is 0 Å². The fraction of sp³-hybridized carbons (Fsp3) is 0.188. The largest absolute Gasteiger partial charge is 0.434 e. The van der Waals surface area contributed by atoms with Crippen LogP contribution in [0.2, 0.25) is 0 Å². The van der Waals surface area contributed by atoms with E-state index in [-0.39, 0.29) is 29.3 Å². The second-order valence-electron chi connectivity index (χ2n) is 4.55. The number of aryl methyl sites for hydroxylation is 1. The second-order valence-corrected chi connectivity index (χ2v) is 4.55. The third-order valence-electron chi connectivity index (χ3n) is 3.06. The Kier molecular flexibility index (Phi) is 4.62. The number of halogens is 3. The number of Topliss-reactive ketones (excluding diaryl/α,β-unsaturated/α-hetero) is 1. The van der Waals surface area contributed by atoms with Gasteiger partial charge in [0.1, 0.15) is 11.6 Å². The fourth-order valence-electron chi connectivity index (χ4n) is 2.02. The summed E-state index contributed by atoms with van der Waals surface area (Å²) in [7, 11) is 0. The number of carbonyl (C=O) groups excluding carboxylic acids is 1. The van der Waals surface area contributed by atoms with Crippen LogP contribution in [0.5, 0.6) is 5.75 Å². The van der Waals surface area contributed by atoms with Gasteiger partial charge in [-0.2, -0.15) is 8.78 Å². The Balaban J connectivity index is 2.24. The summed E-state index contributed by atoms with van der Waals surface area (Å²) in [5.41, 5.74) is 1.37. The zero-order valence-electron chi connectivity index (χ0n) is 11.3. The molecular weight excluding hydrogens is 281 g/mol. The Morgan fingerprint density at radius 2 is 1.90 bits per heavy atom. The molecule has 21 heavy (non-hydrogen) atoms. The molecular formula is C16H13F3O2. The van der Waals surface area contributed by atoms with Gasteiger partial charge in [-0.3, -0.25) is 4.79 Å². The van der Waals surface area contributed by atoms with Gasteiger partial charge in [-0.25, -0.2) is 4.39 Å². The first kappa shape index (κ1) is 15.1. The Morgan fingerprint density at radius 1 is 1.19 bits per heavy atom. The average molecular weight is 294 g/mol. The molecule has 0 aliphatic carbocycles. The number of para-hydroxylation sites is 1. The molecule has 0 bridgehead atoms. The Morgan fingerprint density at radius 3 is 2.57 bits per heavy atom. The summed E-state index contributed by atoms with van der Waals surface area (Å²) in [6, 6.07) is 9.93. The predicted octanol–water partition coefficient (Wildman–Crippen LogP) is 4.16. The Hall–Kier alpha value is -2.30. The number of ether oxygens (including phenoxy) is 1. The first-order valence-corrected chi connectivity index (χ1v) is 6.29. The van der Waals surface area contributed by atoms with Crippen molar-refractivity contribution in [2.75, 3.05) is 0 Å². The lowest BCUT2D eigenvalue weighted by Gasteiger charge is -2.10. The lowest BCUT2D eigenvalue weighted by atomic mass is 9.99. The molecule has 2 nitrogen and oxygen atoms in total. The molecule has 0 aromatic heterocycles. The highest BCUT2D eigenvalue weighted by Crippen LogP contribution is 2.23. The number of ketones is 1. The SMILES string of the molecule is Cc1cc(F)ccc1CC(=O)c1ccccc1OC(F)F. The highest BCUT2D eigenvalue weighted by molar-refractivity contribution is 6.00. The molecule has 0 N–H and O–H groups in total. The minimum Gasteiger partial charge on any atom is -0.434 e. The summed E-state index contributed by atoms with van der Waals surface area (Å²) in [6.45, 7) is -1.31. The first-order valence-electron chi connectivity index (χ1n) is 6.29. The van der Waals surface area contributed by atoms with Crippen molar-refractivity contribution >= 4 is 5.78 Å². The van der Waals surface area contributed by atoms with Gasteiger partial charge in [0.15, 0.2) is 5.78 Å². The van der Waals surface area contributed by atoms with Gasteiger partial charge in [0.05, 0.1) is 5.56 Å². The lowest BCUT2D eigenvalue weighted by molar-refractivity contribution is -0.0501. The maximum atomic E-state index is 13.0. The summed E-state index contributed by atoms with van der Waals surface area (Å²) in [4.78, 5) is 12.2. The van der Waals surface area contributed by atoms with Crippen LogP contribution in [-0.4, -0.2) is 12.4 Å². The minimum atomic E-state index is -2.99. The van der Waals surface area contributed by atoms with Gasteiger partial charge in [0.2, 0.25) is 0 Å². The fourth-order valence-corrected chi connectivity index (χ4v) is 2.02. The summed E-state index contributed by atoms with van der Waals surface area (Å²) in [6.07, 6.45) is -0.00424. The van der Waals surface area contributed by atoms with E-state index in [2.05, 4.69) is 4.74 Å². The smallest absolute Gasteiger partial charge is 0.387 e. The third-order valence-corrected chi connectivity index (χ3v) is 3.06. The van der Waals surface area contributed by atoms with Gasteiger partial charge < -0.3 is 4.74 Å². The molecule has 0 radical (unpaired) electrons. The first-order chi connectivity index (χ1) is 9.97. The van der Waals surface area contributed by atoms with Crippen LogP contribution in [0.3, 0.4) is 0 Å². The lowest BCUT2D eigenvalue weighted by Crippen LogP contribution is -2.10. The molecule has 0 aliphatic rings. The average Bonchev–Trinajstić information content (AvgIpc) is 2.42. The van der Waals surface area contributed by atoms with E-state index in [1.807, 2.05) is 0 Å².